The number of aliphatic hydroxyl groups excluding tert-OH is 1. The number of benzene rings is 2. The highest BCUT2D eigenvalue weighted by molar-refractivity contribution is 5.85. The molecule has 2 aromatic carbocycles. The topological polar surface area (TPSA) is 96.9 Å². The molecule has 7 heteroatoms. The van der Waals surface area contributed by atoms with Crippen LogP contribution in [0.25, 0.3) is 11.1 Å². The highest BCUT2D eigenvalue weighted by Gasteiger charge is 2.29. The van der Waals surface area contributed by atoms with Gasteiger partial charge in [-0.3, -0.25) is 4.79 Å². The summed E-state index contributed by atoms with van der Waals surface area (Å²) >= 11 is 0. The number of aliphatic hydroxyl groups is 1. The maximum absolute atomic E-state index is 12.1. The van der Waals surface area contributed by atoms with E-state index in [9.17, 15) is 9.59 Å². The number of amides is 2. The van der Waals surface area contributed by atoms with E-state index in [1.807, 2.05) is 36.4 Å². The van der Waals surface area contributed by atoms with Gasteiger partial charge >= 0.3 is 6.09 Å². The Morgan fingerprint density at radius 3 is 2.29 bits per heavy atom. The van der Waals surface area contributed by atoms with Crippen molar-refractivity contribution in [2.24, 2.45) is 0 Å². The van der Waals surface area contributed by atoms with Crippen LogP contribution in [0.15, 0.2) is 48.5 Å². The highest BCUT2D eigenvalue weighted by atomic mass is 16.5. The first kappa shape index (κ1) is 19.9. The van der Waals surface area contributed by atoms with Crippen LogP contribution in [0.5, 0.6) is 0 Å². The van der Waals surface area contributed by atoms with E-state index in [1.54, 1.807) is 6.92 Å². The van der Waals surface area contributed by atoms with Gasteiger partial charge in [-0.1, -0.05) is 48.5 Å². The zero-order valence-corrected chi connectivity index (χ0v) is 15.7. The smallest absolute Gasteiger partial charge is 0.407 e. The third-order valence-corrected chi connectivity index (χ3v) is 4.66. The van der Waals surface area contributed by atoms with Gasteiger partial charge < -0.3 is 25.2 Å². The minimum absolute atomic E-state index is 0.0316. The summed E-state index contributed by atoms with van der Waals surface area (Å²) in [6, 6.07) is 15.4. The fourth-order valence-electron chi connectivity index (χ4n) is 3.29. The molecule has 0 radical (unpaired) electrons. The molecule has 3 rings (SSSR count). The van der Waals surface area contributed by atoms with Crippen LogP contribution in [0.3, 0.4) is 0 Å². The molecule has 0 saturated carbocycles. The largest absolute Gasteiger partial charge is 0.449 e. The number of carbonyl (C=O) groups is 2. The van der Waals surface area contributed by atoms with Crippen molar-refractivity contribution in [1.29, 1.82) is 0 Å². The van der Waals surface area contributed by atoms with Gasteiger partial charge in [0.1, 0.15) is 19.4 Å². The number of hydrogen-bond donors (Lipinski definition) is 3. The summed E-state index contributed by atoms with van der Waals surface area (Å²) in [5.74, 6) is -0.430. The standard InChI is InChI=1S/C21H24N2O5/c1-14(20(25)22-13-27-11-10-24)23-21(26)28-12-19-17-8-4-2-6-15(17)16-7-3-5-9-18(16)19/h2-9,14,19,24H,10-13H2,1H3,(H,22,25)(H,23,26)/t14-/m0/s1. The second kappa shape index (κ2) is 9.34. The molecule has 0 aliphatic heterocycles. The van der Waals surface area contributed by atoms with Gasteiger partial charge in [-0.25, -0.2) is 4.79 Å². The maximum atomic E-state index is 12.1. The van der Waals surface area contributed by atoms with Gasteiger partial charge in [-0.05, 0) is 29.2 Å². The molecule has 1 atom stereocenters. The van der Waals surface area contributed by atoms with Gasteiger partial charge in [0, 0.05) is 5.92 Å². The van der Waals surface area contributed by atoms with Crippen LogP contribution in [0.1, 0.15) is 24.0 Å². The Kier molecular flexibility index (Phi) is 6.62. The summed E-state index contributed by atoms with van der Waals surface area (Å²) in [6.07, 6.45) is -0.652. The molecule has 0 saturated heterocycles. The van der Waals surface area contributed by atoms with Crippen LogP contribution in [-0.2, 0) is 14.3 Å². The van der Waals surface area contributed by atoms with E-state index in [-0.39, 0.29) is 32.5 Å². The van der Waals surface area contributed by atoms with E-state index in [0.29, 0.717) is 0 Å². The van der Waals surface area contributed by atoms with Gasteiger partial charge in [-0.2, -0.15) is 0 Å². The lowest BCUT2D eigenvalue weighted by atomic mass is 9.98. The Hall–Kier alpha value is -2.90. The Labute approximate surface area is 163 Å². The number of carbonyl (C=O) groups excluding carboxylic acids is 2. The highest BCUT2D eigenvalue weighted by Crippen LogP contribution is 2.44. The Morgan fingerprint density at radius 1 is 1.07 bits per heavy atom. The van der Waals surface area contributed by atoms with Crippen LogP contribution in [0, 0.1) is 0 Å². The van der Waals surface area contributed by atoms with E-state index in [4.69, 9.17) is 14.6 Å². The lowest BCUT2D eigenvalue weighted by Gasteiger charge is -2.17. The molecule has 2 amide bonds. The predicted octanol–water partition coefficient (Wildman–Crippen LogP) is 2.00. The first-order chi connectivity index (χ1) is 13.6. The monoisotopic (exact) mass is 384 g/mol. The van der Waals surface area contributed by atoms with Crippen molar-refractivity contribution in [3.8, 4) is 11.1 Å². The number of hydrogen-bond acceptors (Lipinski definition) is 5. The molecular formula is C21H24N2O5. The summed E-state index contributed by atoms with van der Waals surface area (Å²) < 4.78 is 10.4. The van der Waals surface area contributed by atoms with Crippen molar-refractivity contribution in [3.63, 3.8) is 0 Å². The second-order valence-corrected chi connectivity index (χ2v) is 6.51. The SMILES string of the molecule is C[C@H](NC(=O)OCC1c2ccccc2-c2ccccc21)C(=O)NCOCCO. The molecule has 3 N–H and O–H groups in total. The van der Waals surface area contributed by atoms with E-state index < -0.39 is 18.0 Å². The van der Waals surface area contributed by atoms with Crippen molar-refractivity contribution >= 4 is 12.0 Å². The normalized spacial score (nSPS) is 13.4. The predicted molar refractivity (Wildman–Crippen MR) is 104 cm³/mol. The van der Waals surface area contributed by atoms with Crippen molar-refractivity contribution in [1.82, 2.24) is 10.6 Å². The summed E-state index contributed by atoms with van der Waals surface area (Å²) in [4.78, 5) is 24.0. The Balaban J connectivity index is 1.54. The average molecular weight is 384 g/mol. The number of ether oxygens (including phenoxy) is 2. The Bertz CT molecular complexity index is 794. The van der Waals surface area contributed by atoms with Gasteiger partial charge in [-0.15, -0.1) is 0 Å². The van der Waals surface area contributed by atoms with Crippen LogP contribution >= 0.6 is 0 Å². The van der Waals surface area contributed by atoms with Crippen LogP contribution in [0.2, 0.25) is 0 Å². The summed E-state index contributed by atoms with van der Waals surface area (Å²) in [5, 5.41) is 13.6. The molecule has 0 unspecified atom stereocenters. The Morgan fingerprint density at radius 2 is 1.68 bits per heavy atom. The van der Waals surface area contributed by atoms with E-state index >= 15 is 0 Å². The second-order valence-electron chi connectivity index (χ2n) is 6.51. The molecule has 0 bridgehead atoms. The number of alkyl carbamates (subject to hydrolysis) is 1. The van der Waals surface area contributed by atoms with Crippen molar-refractivity contribution < 1.29 is 24.2 Å². The molecule has 0 aromatic heterocycles. The third-order valence-electron chi connectivity index (χ3n) is 4.66. The first-order valence-corrected chi connectivity index (χ1v) is 9.19. The number of rotatable bonds is 8. The van der Waals surface area contributed by atoms with Gasteiger partial charge in [0.05, 0.1) is 13.2 Å². The van der Waals surface area contributed by atoms with Crippen molar-refractivity contribution in [2.45, 2.75) is 18.9 Å². The number of fused-ring (bicyclic) bond motifs is 3. The fraction of sp³-hybridized carbons (Fsp3) is 0.333. The van der Waals surface area contributed by atoms with Gasteiger partial charge in [0.25, 0.3) is 0 Å². The molecule has 0 heterocycles. The first-order valence-electron chi connectivity index (χ1n) is 9.19. The molecule has 148 valence electrons. The quantitative estimate of drug-likeness (QED) is 0.478. The summed E-state index contributed by atoms with van der Waals surface area (Å²) in [6.45, 7) is 1.73. The zero-order chi connectivity index (χ0) is 19.9. The molecular weight excluding hydrogens is 360 g/mol. The minimum Gasteiger partial charge on any atom is -0.449 e. The lowest BCUT2D eigenvalue weighted by molar-refractivity contribution is -0.124. The van der Waals surface area contributed by atoms with E-state index in [1.165, 1.54) is 0 Å². The fourth-order valence-corrected chi connectivity index (χ4v) is 3.29. The lowest BCUT2D eigenvalue weighted by Crippen LogP contribution is -2.45. The molecule has 2 aromatic rings. The third kappa shape index (κ3) is 4.49. The summed E-state index contributed by atoms with van der Waals surface area (Å²) in [7, 11) is 0. The molecule has 0 spiro atoms. The molecule has 7 nitrogen and oxygen atoms in total. The van der Waals surface area contributed by atoms with Gasteiger partial charge in [0.2, 0.25) is 5.91 Å². The van der Waals surface area contributed by atoms with Crippen molar-refractivity contribution in [2.75, 3.05) is 26.6 Å². The molecule has 1 aliphatic carbocycles. The van der Waals surface area contributed by atoms with E-state index in [0.717, 1.165) is 22.3 Å². The van der Waals surface area contributed by atoms with Crippen molar-refractivity contribution in [3.05, 3.63) is 59.7 Å². The number of nitrogens with one attached hydrogen (secondary N) is 2. The average Bonchev–Trinajstić information content (AvgIpc) is 3.03. The molecule has 1 aliphatic rings. The maximum Gasteiger partial charge on any atom is 0.407 e. The van der Waals surface area contributed by atoms with Crippen LogP contribution < -0.4 is 10.6 Å². The molecule has 0 fully saturated rings. The summed E-state index contributed by atoms with van der Waals surface area (Å²) in [5.41, 5.74) is 4.57. The molecule has 28 heavy (non-hydrogen) atoms. The van der Waals surface area contributed by atoms with Crippen LogP contribution in [0.4, 0.5) is 4.79 Å². The van der Waals surface area contributed by atoms with Crippen LogP contribution in [-0.4, -0.2) is 49.7 Å². The van der Waals surface area contributed by atoms with E-state index in [2.05, 4.69) is 22.8 Å². The van der Waals surface area contributed by atoms with Gasteiger partial charge in [0.15, 0.2) is 0 Å². The zero-order valence-electron chi connectivity index (χ0n) is 15.7. The minimum atomic E-state index is -0.770.